The lowest BCUT2D eigenvalue weighted by Crippen LogP contribution is -2.35. The molecule has 0 atom stereocenters. The maximum absolute atomic E-state index is 13.7. The van der Waals surface area contributed by atoms with Crippen molar-refractivity contribution in [3.05, 3.63) is 65.2 Å². The maximum Gasteiger partial charge on any atom is 0.253 e. The van der Waals surface area contributed by atoms with Gasteiger partial charge in [-0.25, -0.2) is 0 Å². The molecule has 11 nitrogen and oxygen atoms in total. The Labute approximate surface area is 303 Å². The third-order valence-corrected chi connectivity index (χ3v) is 10.8. The number of carbonyl (C=O) groups excluding carboxylic acids is 6. The number of hydrogen-bond acceptors (Lipinski definition) is 7. The van der Waals surface area contributed by atoms with Crippen LogP contribution >= 0.6 is 11.3 Å². The molecule has 2 aromatic heterocycles. The van der Waals surface area contributed by atoms with Crippen molar-refractivity contribution in [1.82, 2.24) is 20.1 Å². The second-order valence-electron chi connectivity index (χ2n) is 13.6. The highest BCUT2D eigenvalue weighted by Gasteiger charge is 2.29. The second kappa shape index (κ2) is 18.1. The normalized spacial score (nSPS) is 17.3. The number of carbonyl (C=O) groups is 6. The van der Waals surface area contributed by atoms with Crippen molar-refractivity contribution in [2.45, 2.75) is 84.6 Å². The van der Waals surface area contributed by atoms with Crippen LogP contribution in [0.1, 0.15) is 87.2 Å². The van der Waals surface area contributed by atoms with Gasteiger partial charge in [0.05, 0.1) is 15.9 Å². The fourth-order valence-electron chi connectivity index (χ4n) is 7.03. The van der Waals surface area contributed by atoms with Crippen LogP contribution in [-0.4, -0.2) is 71.0 Å². The number of aromatic nitrogens is 1. The molecular formula is C39H49N5O6S. The molecule has 2 N–H and O–H groups in total. The van der Waals surface area contributed by atoms with E-state index in [-0.39, 0.29) is 66.7 Å². The van der Waals surface area contributed by atoms with Crippen molar-refractivity contribution < 1.29 is 28.8 Å². The second-order valence-corrected chi connectivity index (χ2v) is 14.5. The van der Waals surface area contributed by atoms with E-state index in [0.717, 1.165) is 77.7 Å². The number of hydrogen-bond donors (Lipinski definition) is 2. The summed E-state index contributed by atoms with van der Waals surface area (Å²) in [6, 6.07) is 11.8. The van der Waals surface area contributed by atoms with E-state index in [1.165, 1.54) is 12.2 Å². The zero-order chi connectivity index (χ0) is 36.3. The van der Waals surface area contributed by atoms with Gasteiger partial charge in [0.25, 0.3) is 11.8 Å². The van der Waals surface area contributed by atoms with Gasteiger partial charge in [0.1, 0.15) is 6.54 Å². The van der Waals surface area contributed by atoms with Gasteiger partial charge in [-0.3, -0.25) is 33.7 Å². The molecule has 0 saturated heterocycles. The van der Waals surface area contributed by atoms with Gasteiger partial charge < -0.3 is 20.1 Å². The number of nitrogens with one attached hydrogen (secondary N) is 2. The average Bonchev–Trinajstić information content (AvgIpc) is 3.81. The summed E-state index contributed by atoms with van der Waals surface area (Å²) in [5.74, 6) is -0.712. The average molecular weight is 716 g/mol. The van der Waals surface area contributed by atoms with Crippen molar-refractivity contribution in [2.75, 3.05) is 31.1 Å². The zero-order valence-corrected chi connectivity index (χ0v) is 30.5. The molecule has 1 saturated carbocycles. The predicted octanol–water partition coefficient (Wildman–Crippen LogP) is 5.55. The Hall–Kier alpha value is -4.58. The first kappa shape index (κ1) is 37.7. The van der Waals surface area contributed by atoms with E-state index in [9.17, 15) is 28.8 Å². The molecule has 0 bridgehead atoms. The highest BCUT2D eigenvalue weighted by molar-refractivity contribution is 7.17. The van der Waals surface area contributed by atoms with Crippen molar-refractivity contribution in [2.24, 2.45) is 11.8 Å². The minimum atomic E-state index is -0.383. The summed E-state index contributed by atoms with van der Waals surface area (Å²) >= 11 is 1.57. The monoisotopic (exact) mass is 715 g/mol. The summed E-state index contributed by atoms with van der Waals surface area (Å²) in [7, 11) is 0. The van der Waals surface area contributed by atoms with E-state index in [1.54, 1.807) is 16.2 Å². The molecule has 272 valence electrons. The van der Waals surface area contributed by atoms with Crippen LogP contribution in [0.15, 0.2) is 53.9 Å². The first-order valence-corrected chi connectivity index (χ1v) is 19.1. The molecule has 3 aromatic rings. The summed E-state index contributed by atoms with van der Waals surface area (Å²) in [6.45, 7) is 5.83. The zero-order valence-electron chi connectivity index (χ0n) is 29.7. The number of likely N-dealkylation sites (N-methyl/N-ethyl adjacent to an activating group) is 1. The number of ketones is 1. The van der Waals surface area contributed by atoms with E-state index < -0.39 is 0 Å². The molecule has 5 amide bonds. The van der Waals surface area contributed by atoms with E-state index in [1.807, 2.05) is 60.2 Å². The number of unbranched alkanes of at least 4 members (excludes halogenated alkanes) is 3. The van der Waals surface area contributed by atoms with Crippen molar-refractivity contribution >= 4 is 62.6 Å². The van der Waals surface area contributed by atoms with Crippen LogP contribution < -0.4 is 15.5 Å². The van der Waals surface area contributed by atoms with Crippen molar-refractivity contribution in [3.63, 3.8) is 0 Å². The largest absolute Gasteiger partial charge is 0.356 e. The third kappa shape index (κ3) is 10.0. The van der Waals surface area contributed by atoms with Crippen LogP contribution in [0.2, 0.25) is 0 Å². The van der Waals surface area contributed by atoms with E-state index >= 15 is 0 Å². The minimum absolute atomic E-state index is 0.0398. The standard InChI is InChI=1S/C39H49N5O6S/c1-3-42(30-10-8-9-27(2)23-30)38(49)26-44-31-18-22-51-34(31)25-32(44)33(45)24-28-11-13-29(14-12-28)39(50)41-20-7-5-4-6-19-40-35(46)17-21-43-36(47)15-16-37(43)48/h8-10,15-16,18,22-23,25,28-29H,3-7,11-14,17,19-21,24,26H2,1-2H3,(H,40,46)(H,41,50). The predicted molar refractivity (Wildman–Crippen MR) is 198 cm³/mol. The van der Waals surface area contributed by atoms with Gasteiger partial charge in [-0.2, -0.15) is 0 Å². The first-order chi connectivity index (χ1) is 24.6. The number of fused-ring (bicyclic) bond motifs is 1. The molecule has 0 radical (unpaired) electrons. The third-order valence-electron chi connectivity index (χ3n) is 9.91. The lowest BCUT2D eigenvalue weighted by Gasteiger charge is -2.27. The molecule has 12 heteroatoms. The van der Waals surface area contributed by atoms with Gasteiger partial charge in [-0.1, -0.05) is 25.0 Å². The maximum atomic E-state index is 13.7. The first-order valence-electron chi connectivity index (χ1n) is 18.2. The van der Waals surface area contributed by atoms with Crippen molar-refractivity contribution in [1.29, 1.82) is 0 Å². The molecule has 51 heavy (non-hydrogen) atoms. The van der Waals surface area contributed by atoms with Gasteiger partial charge >= 0.3 is 0 Å². The molecule has 2 aliphatic rings. The number of Topliss-reactive ketones (excluding diaryl/α,β-unsaturated/α-hetero) is 1. The minimum Gasteiger partial charge on any atom is -0.356 e. The Morgan fingerprint density at radius 2 is 1.61 bits per heavy atom. The number of thiophene rings is 1. The fraction of sp³-hybridized carbons (Fsp3) is 0.487. The van der Waals surface area contributed by atoms with Gasteiger partial charge in [-0.15, -0.1) is 11.3 Å². The number of aryl methyl sites for hydroxylation is 1. The van der Waals surface area contributed by atoms with E-state index in [2.05, 4.69) is 10.6 Å². The molecule has 1 aliphatic heterocycles. The van der Waals surface area contributed by atoms with E-state index in [0.29, 0.717) is 31.7 Å². The topological polar surface area (TPSA) is 138 Å². The highest BCUT2D eigenvalue weighted by atomic mass is 32.1. The van der Waals surface area contributed by atoms with Crippen molar-refractivity contribution in [3.8, 4) is 0 Å². The lowest BCUT2D eigenvalue weighted by molar-refractivity contribution is -0.137. The van der Waals surface area contributed by atoms with Gasteiger partial charge in [0.2, 0.25) is 17.7 Å². The van der Waals surface area contributed by atoms with Crippen LogP contribution in [0.4, 0.5) is 5.69 Å². The molecule has 1 aromatic carbocycles. The molecule has 0 spiro atoms. The lowest BCUT2D eigenvalue weighted by atomic mass is 9.79. The Kier molecular flexibility index (Phi) is 13.3. The molecule has 3 heterocycles. The number of rotatable bonds is 18. The summed E-state index contributed by atoms with van der Waals surface area (Å²) in [6.07, 6.45) is 9.60. The van der Waals surface area contributed by atoms with Crippen LogP contribution in [-0.2, 0) is 30.5 Å². The van der Waals surface area contributed by atoms with Crippen LogP contribution in [0.5, 0.6) is 0 Å². The Morgan fingerprint density at radius 3 is 2.29 bits per heavy atom. The van der Waals surface area contributed by atoms with Gasteiger partial charge in [0.15, 0.2) is 5.78 Å². The summed E-state index contributed by atoms with van der Waals surface area (Å²) in [5.41, 5.74) is 3.43. The molecule has 5 rings (SSSR count). The molecular weight excluding hydrogens is 667 g/mol. The summed E-state index contributed by atoms with van der Waals surface area (Å²) < 4.78 is 2.88. The molecule has 1 aliphatic carbocycles. The molecule has 1 fully saturated rings. The SMILES string of the molecule is CCN(C(=O)Cn1c(C(=O)CC2CCC(C(=O)NCCCCCCNC(=O)CCN3C(=O)C=CC3=O)CC2)cc2sccc21)c1cccc(C)c1. The summed E-state index contributed by atoms with van der Waals surface area (Å²) in [5, 5.41) is 7.89. The smallest absolute Gasteiger partial charge is 0.253 e. The Balaban J connectivity index is 0.985. The van der Waals surface area contributed by atoms with Gasteiger partial charge in [-0.05, 0) is 93.5 Å². The highest BCUT2D eigenvalue weighted by Crippen LogP contribution is 2.33. The Morgan fingerprint density at radius 1 is 0.902 bits per heavy atom. The number of benzene rings is 1. The number of amides is 5. The fourth-order valence-corrected chi connectivity index (χ4v) is 7.86. The Bertz CT molecular complexity index is 1750. The summed E-state index contributed by atoms with van der Waals surface area (Å²) in [4.78, 5) is 78.0. The van der Waals surface area contributed by atoms with Crippen LogP contribution in [0, 0.1) is 18.8 Å². The van der Waals surface area contributed by atoms with Gasteiger partial charge in [0, 0.05) is 62.8 Å². The number of anilines is 1. The number of nitrogens with zero attached hydrogens (tertiary/aromatic N) is 3. The molecule has 0 unspecified atom stereocenters. The van der Waals surface area contributed by atoms with Crippen LogP contribution in [0.3, 0.4) is 0 Å². The number of imide groups is 1. The quantitative estimate of drug-likeness (QED) is 0.101. The van der Waals surface area contributed by atoms with E-state index in [4.69, 9.17) is 0 Å². The van der Waals surface area contributed by atoms with Crippen LogP contribution in [0.25, 0.3) is 10.2 Å².